The van der Waals surface area contributed by atoms with Crippen LogP contribution in [0.2, 0.25) is 0 Å². The molecule has 0 saturated carbocycles. The van der Waals surface area contributed by atoms with Gasteiger partial charge in [-0.3, -0.25) is 15.4 Å². The second-order valence-corrected chi connectivity index (χ2v) is 6.48. The van der Waals surface area contributed by atoms with Crippen LogP contribution in [-0.4, -0.2) is 36.2 Å². The molecular formula is C17H26N4O4. The number of benzene rings is 1. The van der Waals surface area contributed by atoms with Gasteiger partial charge in [0.25, 0.3) is 0 Å². The number of amides is 4. The van der Waals surface area contributed by atoms with Crippen molar-refractivity contribution in [3.8, 4) is 0 Å². The normalized spacial score (nSPS) is 11.9. The predicted molar refractivity (Wildman–Crippen MR) is 96.6 cm³/mol. The minimum atomic E-state index is -0.616. The van der Waals surface area contributed by atoms with Crippen LogP contribution in [-0.2, 0) is 9.53 Å². The van der Waals surface area contributed by atoms with Crippen LogP contribution in [0.1, 0.15) is 34.6 Å². The summed E-state index contributed by atoms with van der Waals surface area (Å²) in [5.74, 6) is -0.449. The highest BCUT2D eigenvalue weighted by molar-refractivity contribution is 5.98. The van der Waals surface area contributed by atoms with Gasteiger partial charge in [-0.25, -0.2) is 9.59 Å². The molecule has 138 valence electrons. The maximum absolute atomic E-state index is 12.0. The Balaban J connectivity index is 2.53. The van der Waals surface area contributed by atoms with Gasteiger partial charge in [0.15, 0.2) is 0 Å². The Morgan fingerprint density at radius 2 is 1.64 bits per heavy atom. The molecule has 8 heteroatoms. The Kier molecular flexibility index (Phi) is 7.22. The zero-order valence-electron chi connectivity index (χ0n) is 15.2. The molecule has 4 amide bonds. The van der Waals surface area contributed by atoms with Gasteiger partial charge >= 0.3 is 12.1 Å². The SMILES string of the molecule is CCOC(=O)Nc1ccc(N[C@H](C)C(=O)NC(=O)NC(C)(C)C)cc1. The van der Waals surface area contributed by atoms with Crippen molar-refractivity contribution in [1.82, 2.24) is 10.6 Å². The second kappa shape index (κ2) is 8.91. The number of nitrogens with one attached hydrogen (secondary N) is 4. The molecule has 1 aromatic rings. The molecule has 0 heterocycles. The number of imide groups is 1. The molecule has 25 heavy (non-hydrogen) atoms. The maximum atomic E-state index is 12.0. The maximum Gasteiger partial charge on any atom is 0.411 e. The van der Waals surface area contributed by atoms with Crippen molar-refractivity contribution >= 4 is 29.4 Å². The standard InChI is InChI=1S/C17H26N4O4/c1-6-25-16(24)19-13-9-7-12(8-10-13)18-11(2)14(22)20-15(23)21-17(3,4)5/h7-11,18H,6H2,1-5H3,(H,19,24)(H2,20,21,22,23)/t11-/m1/s1. The van der Waals surface area contributed by atoms with Gasteiger partial charge < -0.3 is 15.4 Å². The van der Waals surface area contributed by atoms with Crippen molar-refractivity contribution in [1.29, 1.82) is 0 Å². The van der Waals surface area contributed by atoms with E-state index in [1.54, 1.807) is 38.1 Å². The summed E-state index contributed by atoms with van der Waals surface area (Å²) >= 11 is 0. The molecule has 0 aromatic heterocycles. The summed E-state index contributed by atoms with van der Waals surface area (Å²) < 4.78 is 4.79. The van der Waals surface area contributed by atoms with E-state index in [1.807, 2.05) is 20.8 Å². The molecular weight excluding hydrogens is 324 g/mol. The summed E-state index contributed by atoms with van der Waals surface area (Å²) in [4.78, 5) is 35.1. The third kappa shape index (κ3) is 8.05. The smallest absolute Gasteiger partial charge is 0.411 e. The number of rotatable bonds is 5. The summed E-state index contributed by atoms with van der Waals surface area (Å²) in [5.41, 5.74) is 0.821. The van der Waals surface area contributed by atoms with Gasteiger partial charge in [0.2, 0.25) is 5.91 Å². The molecule has 0 radical (unpaired) electrons. The molecule has 0 fully saturated rings. The third-order valence-electron chi connectivity index (χ3n) is 2.91. The number of ether oxygens (including phenoxy) is 1. The summed E-state index contributed by atoms with van der Waals surface area (Å²) in [6.07, 6.45) is -0.527. The lowest BCUT2D eigenvalue weighted by Crippen LogP contribution is -2.51. The summed E-state index contributed by atoms with van der Waals surface area (Å²) in [6.45, 7) is 9.13. The molecule has 0 aliphatic rings. The molecule has 0 spiro atoms. The van der Waals surface area contributed by atoms with Crippen molar-refractivity contribution in [2.24, 2.45) is 0 Å². The number of carbonyl (C=O) groups is 3. The number of urea groups is 1. The topological polar surface area (TPSA) is 109 Å². The Morgan fingerprint density at radius 1 is 1.08 bits per heavy atom. The van der Waals surface area contributed by atoms with Crippen LogP contribution >= 0.6 is 0 Å². The van der Waals surface area contributed by atoms with Crippen LogP contribution in [0.4, 0.5) is 21.0 Å². The Hall–Kier alpha value is -2.77. The van der Waals surface area contributed by atoms with E-state index in [2.05, 4.69) is 21.3 Å². The number of anilines is 2. The highest BCUT2D eigenvalue weighted by Crippen LogP contribution is 2.14. The number of carbonyl (C=O) groups excluding carboxylic acids is 3. The predicted octanol–water partition coefficient (Wildman–Crippen LogP) is 2.68. The average Bonchev–Trinajstić information content (AvgIpc) is 2.47. The first-order valence-corrected chi connectivity index (χ1v) is 8.04. The lowest BCUT2D eigenvalue weighted by molar-refractivity contribution is -0.120. The Morgan fingerprint density at radius 3 is 2.16 bits per heavy atom. The third-order valence-corrected chi connectivity index (χ3v) is 2.91. The van der Waals surface area contributed by atoms with Gasteiger partial charge in [-0.05, 0) is 58.9 Å². The van der Waals surface area contributed by atoms with E-state index in [0.717, 1.165) is 0 Å². The Labute approximate surface area is 147 Å². The lowest BCUT2D eigenvalue weighted by atomic mass is 10.1. The van der Waals surface area contributed by atoms with Gasteiger partial charge in [0.1, 0.15) is 6.04 Å². The molecule has 4 N–H and O–H groups in total. The summed E-state index contributed by atoms with van der Waals surface area (Å²) in [6, 6.07) is 5.61. The highest BCUT2D eigenvalue weighted by atomic mass is 16.5. The highest BCUT2D eigenvalue weighted by Gasteiger charge is 2.19. The fourth-order valence-electron chi connectivity index (χ4n) is 1.84. The van der Waals surface area contributed by atoms with E-state index in [4.69, 9.17) is 4.74 Å². The number of hydrogen-bond donors (Lipinski definition) is 4. The van der Waals surface area contributed by atoms with Crippen molar-refractivity contribution < 1.29 is 19.1 Å². The molecule has 0 aliphatic heterocycles. The fraction of sp³-hybridized carbons (Fsp3) is 0.471. The Bertz CT molecular complexity index is 608. The molecule has 0 bridgehead atoms. The molecule has 0 aliphatic carbocycles. The van der Waals surface area contributed by atoms with Crippen LogP contribution in [0.5, 0.6) is 0 Å². The van der Waals surface area contributed by atoms with Gasteiger partial charge in [0.05, 0.1) is 6.61 Å². The number of hydrogen-bond acceptors (Lipinski definition) is 5. The minimum absolute atomic E-state index is 0.293. The van der Waals surface area contributed by atoms with Gasteiger partial charge in [-0.15, -0.1) is 0 Å². The minimum Gasteiger partial charge on any atom is -0.450 e. The van der Waals surface area contributed by atoms with Crippen molar-refractivity contribution in [2.75, 3.05) is 17.2 Å². The van der Waals surface area contributed by atoms with Gasteiger partial charge in [0, 0.05) is 16.9 Å². The average molecular weight is 350 g/mol. The fourth-order valence-corrected chi connectivity index (χ4v) is 1.84. The van der Waals surface area contributed by atoms with E-state index in [0.29, 0.717) is 18.0 Å². The van der Waals surface area contributed by atoms with E-state index in [9.17, 15) is 14.4 Å². The zero-order chi connectivity index (χ0) is 19.0. The van der Waals surface area contributed by atoms with Crippen LogP contribution in [0.15, 0.2) is 24.3 Å². The molecule has 0 saturated heterocycles. The largest absolute Gasteiger partial charge is 0.450 e. The van der Waals surface area contributed by atoms with Crippen LogP contribution in [0.3, 0.4) is 0 Å². The molecule has 1 aromatic carbocycles. The van der Waals surface area contributed by atoms with E-state index in [1.165, 1.54) is 0 Å². The zero-order valence-corrected chi connectivity index (χ0v) is 15.2. The first-order chi connectivity index (χ1) is 11.6. The van der Waals surface area contributed by atoms with Crippen LogP contribution in [0.25, 0.3) is 0 Å². The molecule has 8 nitrogen and oxygen atoms in total. The van der Waals surface area contributed by atoms with E-state index < -0.39 is 29.6 Å². The first kappa shape index (κ1) is 20.3. The van der Waals surface area contributed by atoms with E-state index >= 15 is 0 Å². The quantitative estimate of drug-likeness (QED) is 0.653. The van der Waals surface area contributed by atoms with Crippen LogP contribution < -0.4 is 21.3 Å². The van der Waals surface area contributed by atoms with E-state index in [-0.39, 0.29) is 0 Å². The van der Waals surface area contributed by atoms with Gasteiger partial charge in [-0.1, -0.05) is 0 Å². The van der Waals surface area contributed by atoms with Crippen molar-refractivity contribution in [3.63, 3.8) is 0 Å². The summed E-state index contributed by atoms with van der Waals surface area (Å²) in [5, 5.41) is 10.5. The van der Waals surface area contributed by atoms with Crippen LogP contribution in [0, 0.1) is 0 Å². The molecule has 1 rings (SSSR count). The lowest BCUT2D eigenvalue weighted by Gasteiger charge is -2.21. The summed E-state index contributed by atoms with van der Waals surface area (Å²) in [7, 11) is 0. The second-order valence-electron chi connectivity index (χ2n) is 6.48. The van der Waals surface area contributed by atoms with Crippen molar-refractivity contribution in [2.45, 2.75) is 46.2 Å². The molecule has 0 unspecified atom stereocenters. The molecule has 1 atom stereocenters. The monoisotopic (exact) mass is 350 g/mol. The van der Waals surface area contributed by atoms with Crippen molar-refractivity contribution in [3.05, 3.63) is 24.3 Å². The van der Waals surface area contributed by atoms with Gasteiger partial charge in [-0.2, -0.15) is 0 Å². The first-order valence-electron chi connectivity index (χ1n) is 8.04.